The van der Waals surface area contributed by atoms with E-state index in [9.17, 15) is 13.6 Å². The van der Waals surface area contributed by atoms with Crippen molar-refractivity contribution in [1.29, 1.82) is 0 Å². The number of piperidine rings is 1. The van der Waals surface area contributed by atoms with Crippen LogP contribution in [0.4, 0.5) is 8.78 Å². The summed E-state index contributed by atoms with van der Waals surface area (Å²) in [5.41, 5.74) is 1.19. The number of rotatable bonds is 7. The second-order valence-electron chi connectivity index (χ2n) is 8.88. The van der Waals surface area contributed by atoms with Crippen LogP contribution in [0.1, 0.15) is 61.2 Å². The Balaban J connectivity index is 0.00000306. The van der Waals surface area contributed by atoms with Gasteiger partial charge in [0.05, 0.1) is 12.2 Å². The SMILES string of the molecule is CCC1COC(c2ccc(F)cc2)OC12CCN(CCCC(=O)c1ccc(F)cc1)CC2.Cl. The van der Waals surface area contributed by atoms with Crippen LogP contribution < -0.4 is 0 Å². The molecule has 2 unspecified atom stereocenters. The van der Waals surface area contributed by atoms with E-state index >= 15 is 0 Å². The Morgan fingerprint density at radius 1 is 1.03 bits per heavy atom. The Morgan fingerprint density at radius 3 is 2.24 bits per heavy atom. The van der Waals surface area contributed by atoms with Gasteiger partial charge in [0.25, 0.3) is 0 Å². The minimum atomic E-state index is -0.460. The monoisotopic (exact) mass is 479 g/mol. The fourth-order valence-electron chi connectivity index (χ4n) is 4.90. The smallest absolute Gasteiger partial charge is 0.184 e. The summed E-state index contributed by atoms with van der Waals surface area (Å²) in [7, 11) is 0. The quantitative estimate of drug-likeness (QED) is 0.459. The first-order valence-electron chi connectivity index (χ1n) is 11.5. The number of benzene rings is 2. The van der Waals surface area contributed by atoms with Gasteiger partial charge < -0.3 is 14.4 Å². The van der Waals surface area contributed by atoms with Crippen molar-refractivity contribution < 1.29 is 23.0 Å². The van der Waals surface area contributed by atoms with Crippen LogP contribution in [-0.2, 0) is 9.47 Å². The molecule has 7 heteroatoms. The van der Waals surface area contributed by atoms with Crippen LogP contribution in [0.2, 0.25) is 0 Å². The highest BCUT2D eigenvalue weighted by Crippen LogP contribution is 2.44. The molecule has 0 saturated carbocycles. The van der Waals surface area contributed by atoms with Crippen LogP contribution in [-0.4, -0.2) is 42.5 Å². The van der Waals surface area contributed by atoms with Gasteiger partial charge >= 0.3 is 0 Å². The number of ether oxygens (including phenoxy) is 2. The predicted octanol–water partition coefficient (Wildman–Crippen LogP) is 5.96. The van der Waals surface area contributed by atoms with E-state index in [1.54, 1.807) is 24.3 Å². The first-order chi connectivity index (χ1) is 15.5. The standard InChI is InChI=1S/C26H31F2NO3.ClH/c1-2-21-18-31-25(20-7-11-23(28)12-8-20)32-26(21)13-16-29(17-14-26)15-3-4-24(30)19-5-9-22(27)10-6-19;/h5-12,21,25H,2-4,13-18H2,1H3;1H. The van der Waals surface area contributed by atoms with Gasteiger partial charge in [0.1, 0.15) is 11.6 Å². The van der Waals surface area contributed by atoms with Crippen LogP contribution in [0.5, 0.6) is 0 Å². The second kappa shape index (κ2) is 11.5. The van der Waals surface area contributed by atoms with E-state index in [0.717, 1.165) is 50.9 Å². The summed E-state index contributed by atoms with van der Waals surface area (Å²) in [4.78, 5) is 14.7. The normalized spacial score (nSPS) is 22.6. The molecular weight excluding hydrogens is 448 g/mol. The second-order valence-corrected chi connectivity index (χ2v) is 8.88. The fourth-order valence-corrected chi connectivity index (χ4v) is 4.90. The molecule has 0 amide bonds. The zero-order valence-electron chi connectivity index (χ0n) is 19.0. The van der Waals surface area contributed by atoms with E-state index < -0.39 is 6.29 Å². The van der Waals surface area contributed by atoms with Crippen molar-refractivity contribution >= 4 is 18.2 Å². The number of halogens is 3. The van der Waals surface area contributed by atoms with Crippen LogP contribution in [0, 0.1) is 17.6 Å². The molecule has 180 valence electrons. The van der Waals surface area contributed by atoms with Gasteiger partial charge in [-0.25, -0.2) is 8.78 Å². The van der Waals surface area contributed by atoms with Crippen molar-refractivity contribution in [3.05, 3.63) is 71.3 Å². The van der Waals surface area contributed by atoms with E-state index in [4.69, 9.17) is 9.47 Å². The molecule has 0 radical (unpaired) electrons. The topological polar surface area (TPSA) is 38.8 Å². The van der Waals surface area contributed by atoms with E-state index in [1.165, 1.54) is 24.3 Å². The van der Waals surface area contributed by atoms with Gasteiger partial charge in [-0.15, -0.1) is 12.4 Å². The molecule has 2 aliphatic rings. The molecule has 2 atom stereocenters. The summed E-state index contributed by atoms with van der Waals surface area (Å²) in [6.45, 7) is 5.50. The van der Waals surface area contributed by atoms with Gasteiger partial charge in [-0.1, -0.05) is 19.1 Å². The van der Waals surface area contributed by atoms with Crippen molar-refractivity contribution in [3.8, 4) is 0 Å². The summed E-state index contributed by atoms with van der Waals surface area (Å²) in [5, 5.41) is 0. The number of likely N-dealkylation sites (tertiary alicyclic amines) is 1. The van der Waals surface area contributed by atoms with Gasteiger partial charge in [0.2, 0.25) is 0 Å². The highest BCUT2D eigenvalue weighted by atomic mass is 35.5. The first-order valence-corrected chi connectivity index (χ1v) is 11.5. The van der Waals surface area contributed by atoms with Gasteiger partial charge in [-0.05, 0) is 68.6 Å². The Kier molecular flexibility index (Phi) is 8.99. The molecule has 33 heavy (non-hydrogen) atoms. The van der Waals surface area contributed by atoms with Crippen LogP contribution >= 0.6 is 12.4 Å². The molecule has 2 aromatic carbocycles. The number of hydrogen-bond donors (Lipinski definition) is 0. The molecule has 1 spiro atoms. The van der Waals surface area contributed by atoms with Crippen LogP contribution in [0.3, 0.4) is 0 Å². The maximum absolute atomic E-state index is 13.3. The first kappa shape index (κ1) is 25.8. The highest BCUT2D eigenvalue weighted by Gasteiger charge is 2.47. The minimum Gasteiger partial charge on any atom is -0.348 e. The third kappa shape index (κ3) is 6.18. The molecular formula is C26H32ClF2NO3. The van der Waals surface area contributed by atoms with Crippen molar-refractivity contribution in [3.63, 3.8) is 0 Å². The summed E-state index contributed by atoms with van der Waals surface area (Å²) >= 11 is 0. The molecule has 0 bridgehead atoms. The molecule has 2 heterocycles. The fraction of sp³-hybridized carbons (Fsp3) is 0.500. The number of Topliss-reactive ketones (excluding diaryl/α,β-unsaturated/α-hetero) is 1. The lowest BCUT2D eigenvalue weighted by Gasteiger charge is -2.50. The van der Waals surface area contributed by atoms with Crippen LogP contribution in [0.15, 0.2) is 48.5 Å². The Hall–Kier alpha value is -1.86. The van der Waals surface area contributed by atoms with E-state index in [2.05, 4.69) is 11.8 Å². The maximum atomic E-state index is 13.3. The lowest BCUT2D eigenvalue weighted by Crippen LogP contribution is -2.55. The molecule has 4 nitrogen and oxygen atoms in total. The van der Waals surface area contributed by atoms with Crippen molar-refractivity contribution in [2.75, 3.05) is 26.2 Å². The minimum absolute atomic E-state index is 0. The summed E-state index contributed by atoms with van der Waals surface area (Å²) in [6.07, 6.45) is 3.60. The number of ketones is 1. The maximum Gasteiger partial charge on any atom is 0.184 e. The zero-order chi connectivity index (χ0) is 22.6. The van der Waals surface area contributed by atoms with Gasteiger partial charge in [-0.2, -0.15) is 0 Å². The molecule has 2 fully saturated rings. The zero-order valence-corrected chi connectivity index (χ0v) is 19.8. The third-order valence-electron chi connectivity index (χ3n) is 6.92. The lowest BCUT2D eigenvalue weighted by atomic mass is 9.77. The number of nitrogens with zero attached hydrogens (tertiary/aromatic N) is 1. The largest absolute Gasteiger partial charge is 0.348 e. The Morgan fingerprint density at radius 2 is 1.64 bits per heavy atom. The Bertz CT molecular complexity index is 899. The molecule has 2 aliphatic heterocycles. The lowest BCUT2D eigenvalue weighted by molar-refractivity contribution is -0.298. The van der Waals surface area contributed by atoms with E-state index in [0.29, 0.717) is 24.5 Å². The van der Waals surface area contributed by atoms with E-state index in [-0.39, 0.29) is 35.4 Å². The molecule has 0 aromatic heterocycles. The molecule has 2 aromatic rings. The van der Waals surface area contributed by atoms with Crippen molar-refractivity contribution in [2.24, 2.45) is 5.92 Å². The summed E-state index contributed by atoms with van der Waals surface area (Å²) in [6, 6.07) is 12.1. The average molecular weight is 480 g/mol. The van der Waals surface area contributed by atoms with E-state index in [1.807, 2.05) is 0 Å². The summed E-state index contributed by atoms with van der Waals surface area (Å²) in [5.74, 6) is -0.205. The van der Waals surface area contributed by atoms with Crippen molar-refractivity contribution in [1.82, 2.24) is 4.90 Å². The number of hydrogen-bond acceptors (Lipinski definition) is 4. The van der Waals surface area contributed by atoms with Gasteiger partial charge in [-0.3, -0.25) is 4.79 Å². The molecule has 4 rings (SSSR count). The van der Waals surface area contributed by atoms with Crippen LogP contribution in [0.25, 0.3) is 0 Å². The van der Waals surface area contributed by atoms with Gasteiger partial charge in [0.15, 0.2) is 12.1 Å². The molecule has 0 N–H and O–H groups in total. The molecule has 0 aliphatic carbocycles. The number of carbonyl (C=O) groups is 1. The Labute approximate surface area is 200 Å². The highest BCUT2D eigenvalue weighted by molar-refractivity contribution is 5.95. The number of carbonyl (C=O) groups excluding carboxylic acids is 1. The average Bonchev–Trinajstić information content (AvgIpc) is 2.81. The molecule has 2 saturated heterocycles. The predicted molar refractivity (Wildman–Crippen MR) is 126 cm³/mol. The summed E-state index contributed by atoms with van der Waals surface area (Å²) < 4.78 is 38.9. The van der Waals surface area contributed by atoms with Gasteiger partial charge in [0, 0.05) is 36.6 Å². The third-order valence-corrected chi connectivity index (χ3v) is 6.92. The van der Waals surface area contributed by atoms with Crippen molar-refractivity contribution in [2.45, 2.75) is 50.9 Å².